The summed E-state index contributed by atoms with van der Waals surface area (Å²) in [7, 11) is -2.17. The van der Waals surface area contributed by atoms with Gasteiger partial charge in [0.1, 0.15) is 8.07 Å². The first-order valence-electron chi connectivity index (χ1n) is 4.41. The van der Waals surface area contributed by atoms with Gasteiger partial charge in [0.2, 0.25) is 0 Å². The van der Waals surface area contributed by atoms with Gasteiger partial charge in [-0.05, 0) is 6.08 Å². The Labute approximate surface area is 79.1 Å². The first-order chi connectivity index (χ1) is 5.21. The van der Waals surface area contributed by atoms with Crippen molar-refractivity contribution in [1.82, 2.24) is 0 Å². The third-order valence-corrected chi connectivity index (χ3v) is 3.17. The van der Waals surface area contributed by atoms with Gasteiger partial charge in [-0.15, -0.1) is 5.54 Å². The van der Waals surface area contributed by atoms with Gasteiger partial charge in [-0.1, -0.05) is 50.9 Å². The molecule has 0 atom stereocenters. The highest BCUT2D eigenvalue weighted by molar-refractivity contribution is 6.84. The maximum atomic E-state index is 3.32. The fourth-order valence-electron chi connectivity index (χ4n) is 0.550. The second-order valence-corrected chi connectivity index (χ2v) is 15.0. The number of allylic oxidation sites excluding steroid dienone is 1. The molecule has 2 heteroatoms. The molecule has 0 radical (unpaired) electrons. The van der Waals surface area contributed by atoms with Crippen LogP contribution in [0.4, 0.5) is 0 Å². The van der Waals surface area contributed by atoms with Gasteiger partial charge in [-0.2, -0.15) is 0 Å². The second kappa shape index (κ2) is 4.11. The molecule has 0 spiro atoms. The van der Waals surface area contributed by atoms with E-state index in [9.17, 15) is 0 Å². The Morgan fingerprint density at radius 3 is 1.75 bits per heavy atom. The molecular formula is C10H20Si2. The Hall–Kier alpha value is -0.266. The highest BCUT2D eigenvalue weighted by Crippen LogP contribution is 2.01. The van der Waals surface area contributed by atoms with Crippen LogP contribution in [-0.2, 0) is 0 Å². The zero-order chi connectivity index (χ0) is 9.83. The molecule has 0 aliphatic rings. The fourth-order valence-corrected chi connectivity index (χ4v) is 1.65. The molecule has 0 rings (SSSR count). The van der Waals surface area contributed by atoms with Crippen LogP contribution in [0.2, 0.25) is 39.3 Å². The molecular weight excluding hydrogens is 176 g/mol. The Morgan fingerprint density at radius 2 is 1.42 bits per heavy atom. The first kappa shape index (κ1) is 11.7. The van der Waals surface area contributed by atoms with E-state index < -0.39 is 16.1 Å². The van der Waals surface area contributed by atoms with Crippen LogP contribution in [0.1, 0.15) is 0 Å². The summed E-state index contributed by atoms with van der Waals surface area (Å²) in [6.45, 7) is 13.8. The molecule has 0 aromatic heterocycles. The molecule has 68 valence electrons. The van der Waals surface area contributed by atoms with Crippen molar-refractivity contribution in [3.05, 3.63) is 11.8 Å². The molecule has 0 unspecified atom stereocenters. The maximum Gasteiger partial charge on any atom is 0.129 e. The molecule has 0 aliphatic heterocycles. The summed E-state index contributed by atoms with van der Waals surface area (Å²) >= 11 is 0. The van der Waals surface area contributed by atoms with Gasteiger partial charge in [0.15, 0.2) is 0 Å². The normalized spacial score (nSPS) is 12.8. The monoisotopic (exact) mass is 196 g/mol. The quantitative estimate of drug-likeness (QED) is 0.446. The van der Waals surface area contributed by atoms with Crippen LogP contribution in [0, 0.1) is 11.5 Å². The Morgan fingerprint density at radius 1 is 0.917 bits per heavy atom. The summed E-state index contributed by atoms with van der Waals surface area (Å²) in [6, 6.07) is 0. The molecule has 0 aromatic carbocycles. The minimum Gasteiger partial charge on any atom is -0.127 e. The van der Waals surface area contributed by atoms with Gasteiger partial charge in [0, 0.05) is 0 Å². The first-order valence-corrected chi connectivity index (χ1v) is 11.5. The lowest BCUT2D eigenvalue weighted by atomic mass is 10.7. The lowest BCUT2D eigenvalue weighted by molar-refractivity contribution is 1.77. The van der Waals surface area contributed by atoms with Crippen LogP contribution in [0.15, 0.2) is 11.8 Å². The van der Waals surface area contributed by atoms with Crippen molar-refractivity contribution in [1.29, 1.82) is 0 Å². The van der Waals surface area contributed by atoms with E-state index in [0.717, 1.165) is 0 Å². The molecule has 0 N–H and O–H groups in total. The number of rotatable bonds is 1. The third-order valence-electron chi connectivity index (χ3n) is 1.11. The zero-order valence-electron chi connectivity index (χ0n) is 9.15. The molecule has 0 heterocycles. The van der Waals surface area contributed by atoms with Crippen molar-refractivity contribution in [3.63, 3.8) is 0 Å². The van der Waals surface area contributed by atoms with Gasteiger partial charge in [-0.25, -0.2) is 0 Å². The lowest BCUT2D eigenvalue weighted by Gasteiger charge is -2.06. The SMILES string of the molecule is C[Si](C)(C)C#CC=C[Si](C)(C)C. The van der Waals surface area contributed by atoms with Crippen molar-refractivity contribution in [2.24, 2.45) is 0 Å². The van der Waals surface area contributed by atoms with Crippen LogP contribution < -0.4 is 0 Å². The van der Waals surface area contributed by atoms with Gasteiger partial charge in [-0.3, -0.25) is 0 Å². The minimum absolute atomic E-state index is 1.02. The van der Waals surface area contributed by atoms with Gasteiger partial charge >= 0.3 is 0 Å². The molecule has 0 saturated heterocycles. The van der Waals surface area contributed by atoms with E-state index in [4.69, 9.17) is 0 Å². The molecule has 0 fully saturated rings. The standard InChI is InChI=1S/C10H20Si2/c1-11(2,3)9-7-8-10-12(4,5)6/h7,9H,1-6H3. The molecule has 0 saturated carbocycles. The predicted octanol–water partition coefficient (Wildman–Crippen LogP) is 3.30. The lowest BCUT2D eigenvalue weighted by Crippen LogP contribution is -2.16. The van der Waals surface area contributed by atoms with Crippen molar-refractivity contribution >= 4 is 16.1 Å². The van der Waals surface area contributed by atoms with Crippen LogP contribution in [0.3, 0.4) is 0 Å². The summed E-state index contributed by atoms with van der Waals surface area (Å²) in [5, 5.41) is 0. The highest BCUT2D eigenvalue weighted by atomic mass is 28.3. The van der Waals surface area contributed by atoms with Crippen LogP contribution in [-0.4, -0.2) is 16.1 Å². The van der Waals surface area contributed by atoms with Crippen molar-refractivity contribution < 1.29 is 0 Å². The largest absolute Gasteiger partial charge is 0.129 e. The van der Waals surface area contributed by atoms with E-state index in [-0.39, 0.29) is 0 Å². The molecule has 0 bridgehead atoms. The Balaban J connectivity index is 4.13. The smallest absolute Gasteiger partial charge is 0.127 e. The Bertz CT molecular complexity index is 215. The summed E-state index contributed by atoms with van der Waals surface area (Å²) in [4.78, 5) is 0. The topological polar surface area (TPSA) is 0 Å². The summed E-state index contributed by atoms with van der Waals surface area (Å²) in [6.07, 6.45) is 2.05. The molecule has 0 amide bonds. The van der Waals surface area contributed by atoms with E-state index in [1.165, 1.54) is 0 Å². The van der Waals surface area contributed by atoms with E-state index in [1.807, 2.05) is 6.08 Å². The van der Waals surface area contributed by atoms with Crippen LogP contribution in [0.25, 0.3) is 0 Å². The second-order valence-electron chi connectivity index (χ2n) is 5.22. The predicted molar refractivity (Wildman–Crippen MR) is 63.6 cm³/mol. The van der Waals surface area contributed by atoms with E-state index in [0.29, 0.717) is 0 Å². The molecule has 0 nitrogen and oxygen atoms in total. The summed E-state index contributed by atoms with van der Waals surface area (Å²) in [5.74, 6) is 3.15. The summed E-state index contributed by atoms with van der Waals surface area (Å²) < 4.78 is 0. The highest BCUT2D eigenvalue weighted by Gasteiger charge is 2.07. The molecule has 12 heavy (non-hydrogen) atoms. The summed E-state index contributed by atoms with van der Waals surface area (Å²) in [5.41, 5.74) is 5.61. The van der Waals surface area contributed by atoms with Gasteiger partial charge < -0.3 is 0 Å². The van der Waals surface area contributed by atoms with E-state index in [2.05, 4.69) is 56.4 Å². The van der Waals surface area contributed by atoms with Crippen LogP contribution in [0.5, 0.6) is 0 Å². The van der Waals surface area contributed by atoms with Gasteiger partial charge in [0.25, 0.3) is 0 Å². The molecule has 0 aliphatic carbocycles. The fraction of sp³-hybridized carbons (Fsp3) is 0.600. The Kier molecular flexibility index (Phi) is 4.02. The number of hydrogen-bond acceptors (Lipinski definition) is 0. The average Bonchev–Trinajstić information content (AvgIpc) is 1.76. The zero-order valence-corrected chi connectivity index (χ0v) is 11.2. The van der Waals surface area contributed by atoms with Crippen molar-refractivity contribution in [3.8, 4) is 11.5 Å². The van der Waals surface area contributed by atoms with E-state index in [1.54, 1.807) is 0 Å². The van der Waals surface area contributed by atoms with Crippen molar-refractivity contribution in [2.45, 2.75) is 39.3 Å². The van der Waals surface area contributed by atoms with Crippen LogP contribution >= 0.6 is 0 Å². The van der Waals surface area contributed by atoms with E-state index >= 15 is 0 Å². The van der Waals surface area contributed by atoms with Crippen molar-refractivity contribution in [2.75, 3.05) is 0 Å². The maximum absolute atomic E-state index is 3.32. The average molecular weight is 196 g/mol. The minimum atomic E-state index is -1.15. The third kappa shape index (κ3) is 9.73. The number of hydrogen-bond donors (Lipinski definition) is 0. The molecule has 0 aromatic rings. The van der Waals surface area contributed by atoms with Gasteiger partial charge in [0.05, 0.1) is 8.07 Å².